The fraction of sp³-hybridized carbons (Fsp3) is 0.292. The van der Waals surface area contributed by atoms with Gasteiger partial charge in [-0.1, -0.05) is 0 Å². The molecule has 5 rings (SSSR count). The molecule has 0 unspecified atom stereocenters. The predicted octanol–water partition coefficient (Wildman–Crippen LogP) is 3.43. The zero-order valence-electron chi connectivity index (χ0n) is 18.0. The molecule has 2 aromatic heterocycles. The maximum atomic E-state index is 11.2. The number of nitrogens with zero attached hydrogens (tertiary/aromatic N) is 4. The third-order valence-corrected chi connectivity index (χ3v) is 5.75. The molecule has 8 nitrogen and oxygen atoms in total. The molecule has 1 aliphatic rings. The number of hydrogen-bond donors (Lipinski definition) is 2. The van der Waals surface area contributed by atoms with Gasteiger partial charge in [-0.25, -0.2) is 0 Å². The van der Waals surface area contributed by atoms with Crippen LogP contribution in [0.5, 0.6) is 11.5 Å². The minimum atomic E-state index is 0.0435. The second-order valence-corrected chi connectivity index (χ2v) is 8.20. The molecule has 4 aromatic rings. The van der Waals surface area contributed by atoms with Crippen LogP contribution in [-0.4, -0.2) is 56.5 Å². The van der Waals surface area contributed by atoms with Gasteiger partial charge < -0.3 is 10.1 Å². The SMILES string of the molecule is CC(=O)N[C@@H]1CCN(CCn2cc3cc(Oc4ccc(-c5ccn[nH]5)cc4)ccc3n2)C1. The molecule has 1 saturated heterocycles. The third kappa shape index (κ3) is 4.65. The van der Waals surface area contributed by atoms with Gasteiger partial charge in [-0.3, -0.25) is 19.5 Å². The summed E-state index contributed by atoms with van der Waals surface area (Å²) in [6.07, 6.45) is 4.80. The number of fused-ring (bicyclic) bond motifs is 1. The van der Waals surface area contributed by atoms with E-state index in [0.29, 0.717) is 0 Å². The van der Waals surface area contributed by atoms with E-state index in [9.17, 15) is 4.79 Å². The monoisotopic (exact) mass is 430 g/mol. The summed E-state index contributed by atoms with van der Waals surface area (Å²) in [5, 5.41) is 15.7. The number of ether oxygens (including phenoxy) is 1. The number of H-pyrrole nitrogens is 1. The van der Waals surface area contributed by atoms with Crippen LogP contribution in [0.15, 0.2) is 60.9 Å². The Hall–Kier alpha value is -3.65. The second-order valence-electron chi connectivity index (χ2n) is 8.20. The average Bonchev–Trinajstić information content (AvgIpc) is 3.53. The van der Waals surface area contributed by atoms with E-state index >= 15 is 0 Å². The van der Waals surface area contributed by atoms with E-state index in [1.807, 2.05) is 53.2 Å². The van der Waals surface area contributed by atoms with Crippen molar-refractivity contribution in [3.8, 4) is 22.8 Å². The van der Waals surface area contributed by atoms with Crippen LogP contribution in [0, 0.1) is 0 Å². The summed E-state index contributed by atoms with van der Waals surface area (Å²) in [7, 11) is 0. The zero-order chi connectivity index (χ0) is 21.9. The summed E-state index contributed by atoms with van der Waals surface area (Å²) >= 11 is 0. The molecule has 8 heteroatoms. The van der Waals surface area contributed by atoms with Crippen LogP contribution in [0.1, 0.15) is 13.3 Å². The molecule has 2 N–H and O–H groups in total. The second kappa shape index (κ2) is 8.84. The van der Waals surface area contributed by atoms with Crippen molar-refractivity contribution in [3.05, 3.63) is 60.9 Å². The first-order valence-corrected chi connectivity index (χ1v) is 10.9. The Morgan fingerprint density at radius 1 is 1.16 bits per heavy atom. The number of aromatic amines is 1. The summed E-state index contributed by atoms with van der Waals surface area (Å²) in [4.78, 5) is 13.6. The van der Waals surface area contributed by atoms with Crippen LogP contribution in [-0.2, 0) is 11.3 Å². The van der Waals surface area contributed by atoms with Crippen LogP contribution < -0.4 is 10.1 Å². The van der Waals surface area contributed by atoms with Gasteiger partial charge in [-0.15, -0.1) is 0 Å². The van der Waals surface area contributed by atoms with E-state index in [2.05, 4.69) is 31.7 Å². The van der Waals surface area contributed by atoms with E-state index < -0.39 is 0 Å². The lowest BCUT2D eigenvalue weighted by atomic mass is 10.1. The number of likely N-dealkylation sites (tertiary alicyclic amines) is 1. The Kier molecular flexibility index (Phi) is 5.60. The van der Waals surface area contributed by atoms with E-state index in [0.717, 1.165) is 66.3 Å². The number of rotatable bonds is 7. The summed E-state index contributed by atoms with van der Waals surface area (Å²) in [6, 6.07) is 16.1. The van der Waals surface area contributed by atoms with E-state index in [1.165, 1.54) is 0 Å². The molecule has 1 fully saturated rings. The van der Waals surface area contributed by atoms with Crippen molar-refractivity contribution in [3.63, 3.8) is 0 Å². The first-order valence-electron chi connectivity index (χ1n) is 10.9. The lowest BCUT2D eigenvalue weighted by Gasteiger charge is -2.16. The van der Waals surface area contributed by atoms with E-state index in [4.69, 9.17) is 4.74 Å². The molecule has 0 spiro atoms. The zero-order valence-corrected chi connectivity index (χ0v) is 18.0. The molecule has 0 radical (unpaired) electrons. The molecular weight excluding hydrogens is 404 g/mol. The maximum absolute atomic E-state index is 11.2. The van der Waals surface area contributed by atoms with Gasteiger partial charge in [0.2, 0.25) is 5.91 Å². The van der Waals surface area contributed by atoms with Gasteiger partial charge in [0.25, 0.3) is 0 Å². The first kappa shape index (κ1) is 20.3. The van der Waals surface area contributed by atoms with Crippen molar-refractivity contribution >= 4 is 16.8 Å². The van der Waals surface area contributed by atoms with Gasteiger partial charge in [-0.05, 0) is 60.5 Å². The molecule has 2 aromatic carbocycles. The van der Waals surface area contributed by atoms with Crippen molar-refractivity contribution in [2.24, 2.45) is 0 Å². The van der Waals surface area contributed by atoms with Gasteiger partial charge in [0.05, 0.1) is 17.8 Å². The average molecular weight is 431 g/mol. The van der Waals surface area contributed by atoms with Crippen molar-refractivity contribution in [2.45, 2.75) is 25.9 Å². The highest BCUT2D eigenvalue weighted by atomic mass is 16.5. The van der Waals surface area contributed by atoms with Crippen molar-refractivity contribution in [1.82, 2.24) is 30.2 Å². The summed E-state index contributed by atoms with van der Waals surface area (Å²) in [6.45, 7) is 5.20. The normalized spacial score (nSPS) is 16.5. The highest BCUT2D eigenvalue weighted by molar-refractivity contribution is 5.79. The van der Waals surface area contributed by atoms with Crippen LogP contribution in [0.3, 0.4) is 0 Å². The largest absolute Gasteiger partial charge is 0.457 e. The predicted molar refractivity (Wildman–Crippen MR) is 122 cm³/mol. The van der Waals surface area contributed by atoms with Gasteiger partial charge in [0, 0.05) is 50.4 Å². The Morgan fingerprint density at radius 3 is 2.78 bits per heavy atom. The van der Waals surface area contributed by atoms with Gasteiger partial charge in [0.15, 0.2) is 0 Å². The smallest absolute Gasteiger partial charge is 0.217 e. The molecule has 3 heterocycles. The van der Waals surface area contributed by atoms with Crippen molar-refractivity contribution in [2.75, 3.05) is 19.6 Å². The number of benzene rings is 2. The Labute approximate surface area is 186 Å². The highest BCUT2D eigenvalue weighted by Gasteiger charge is 2.22. The molecule has 32 heavy (non-hydrogen) atoms. The quantitative estimate of drug-likeness (QED) is 0.469. The molecule has 164 valence electrons. The molecule has 1 aliphatic heterocycles. The molecule has 0 aliphatic carbocycles. The Bertz CT molecular complexity index is 1200. The number of carbonyl (C=O) groups excluding carboxylic acids is 1. The number of nitrogens with one attached hydrogen (secondary N) is 2. The standard InChI is InChI=1S/C24H26N6O2/c1-17(31)26-20-9-11-29(16-20)12-13-30-15-19-14-22(6-7-24(19)28-30)32-21-4-2-18(3-5-21)23-8-10-25-27-23/h2-8,10,14-15,20H,9,11-13,16H2,1H3,(H,25,27)(H,26,31)/t20-/m1/s1. The molecule has 1 atom stereocenters. The summed E-state index contributed by atoms with van der Waals surface area (Å²) in [5.74, 6) is 1.61. The molecular formula is C24H26N6O2. The van der Waals surface area contributed by atoms with Crippen LogP contribution in [0.4, 0.5) is 0 Å². The summed E-state index contributed by atoms with van der Waals surface area (Å²) < 4.78 is 8.03. The number of aromatic nitrogens is 4. The van der Waals surface area contributed by atoms with Crippen LogP contribution >= 0.6 is 0 Å². The van der Waals surface area contributed by atoms with Crippen molar-refractivity contribution < 1.29 is 9.53 Å². The fourth-order valence-corrected chi connectivity index (χ4v) is 4.17. The Balaban J connectivity index is 1.20. The van der Waals surface area contributed by atoms with E-state index in [-0.39, 0.29) is 11.9 Å². The fourth-order valence-electron chi connectivity index (χ4n) is 4.17. The number of amides is 1. The number of carbonyl (C=O) groups is 1. The van der Waals surface area contributed by atoms with Gasteiger partial charge in [-0.2, -0.15) is 10.2 Å². The van der Waals surface area contributed by atoms with Crippen LogP contribution in [0.2, 0.25) is 0 Å². The lowest BCUT2D eigenvalue weighted by molar-refractivity contribution is -0.119. The lowest BCUT2D eigenvalue weighted by Crippen LogP contribution is -2.36. The Morgan fingerprint density at radius 2 is 2.00 bits per heavy atom. The maximum Gasteiger partial charge on any atom is 0.217 e. The number of hydrogen-bond acceptors (Lipinski definition) is 5. The molecule has 0 saturated carbocycles. The van der Waals surface area contributed by atoms with Crippen molar-refractivity contribution in [1.29, 1.82) is 0 Å². The topological polar surface area (TPSA) is 88.1 Å². The molecule has 1 amide bonds. The van der Waals surface area contributed by atoms with Gasteiger partial charge >= 0.3 is 0 Å². The molecule has 0 bridgehead atoms. The first-order chi connectivity index (χ1) is 15.6. The van der Waals surface area contributed by atoms with Crippen LogP contribution in [0.25, 0.3) is 22.2 Å². The van der Waals surface area contributed by atoms with Gasteiger partial charge in [0.1, 0.15) is 11.5 Å². The summed E-state index contributed by atoms with van der Waals surface area (Å²) in [5.41, 5.74) is 2.99. The third-order valence-electron chi connectivity index (χ3n) is 5.75. The minimum absolute atomic E-state index is 0.0435. The highest BCUT2D eigenvalue weighted by Crippen LogP contribution is 2.27. The van der Waals surface area contributed by atoms with E-state index in [1.54, 1.807) is 13.1 Å². The minimum Gasteiger partial charge on any atom is -0.457 e.